The molecule has 1 aromatic heterocycles. The van der Waals surface area contributed by atoms with Gasteiger partial charge in [0, 0.05) is 6.54 Å². The van der Waals surface area contributed by atoms with Crippen LogP contribution in [0.15, 0.2) is 36.4 Å². The fraction of sp³-hybridized carbons (Fsp3) is 0.143. The van der Waals surface area contributed by atoms with Crippen LogP contribution in [-0.2, 0) is 6.54 Å². The Bertz CT molecular complexity index is 614. The average molecular weight is 276 g/mol. The van der Waals surface area contributed by atoms with Gasteiger partial charge in [-0.1, -0.05) is 12.1 Å². The van der Waals surface area contributed by atoms with Gasteiger partial charge >= 0.3 is 5.97 Å². The van der Waals surface area contributed by atoms with E-state index in [2.05, 4.69) is 10.3 Å². The predicted octanol–water partition coefficient (Wildman–Crippen LogP) is 2.54. The Morgan fingerprint density at radius 1 is 1.30 bits per heavy atom. The number of carbonyl (C=O) groups is 1. The van der Waals surface area contributed by atoms with Crippen molar-refractivity contribution in [3.8, 4) is 5.75 Å². The van der Waals surface area contributed by atoms with E-state index in [1.54, 1.807) is 7.11 Å². The van der Waals surface area contributed by atoms with Crippen molar-refractivity contribution in [2.24, 2.45) is 0 Å². The van der Waals surface area contributed by atoms with E-state index < -0.39 is 17.5 Å². The van der Waals surface area contributed by atoms with Crippen LogP contribution in [0, 0.1) is 5.95 Å². The monoisotopic (exact) mass is 276 g/mol. The number of hydrogen-bond acceptors (Lipinski definition) is 4. The Morgan fingerprint density at radius 3 is 2.55 bits per heavy atom. The van der Waals surface area contributed by atoms with Crippen LogP contribution < -0.4 is 10.1 Å². The molecule has 0 aliphatic carbocycles. The lowest BCUT2D eigenvalue weighted by Gasteiger charge is -2.07. The van der Waals surface area contributed by atoms with E-state index in [0.717, 1.165) is 11.3 Å². The molecule has 0 bridgehead atoms. The number of carboxylic acids is 1. The topological polar surface area (TPSA) is 71.5 Å². The lowest BCUT2D eigenvalue weighted by molar-refractivity contribution is 0.0691. The molecular formula is C14H13FN2O3. The highest BCUT2D eigenvalue weighted by Crippen LogP contribution is 2.14. The first-order valence-electron chi connectivity index (χ1n) is 5.87. The maximum Gasteiger partial charge on any atom is 0.340 e. The normalized spacial score (nSPS) is 10.1. The molecule has 1 aromatic carbocycles. The van der Waals surface area contributed by atoms with Gasteiger partial charge in [0.15, 0.2) is 0 Å². The van der Waals surface area contributed by atoms with Gasteiger partial charge in [0.05, 0.1) is 7.11 Å². The molecule has 1 heterocycles. The number of carboxylic acid groups (broad SMARTS) is 1. The van der Waals surface area contributed by atoms with Crippen molar-refractivity contribution < 1.29 is 19.0 Å². The minimum absolute atomic E-state index is 0.281. The highest BCUT2D eigenvalue weighted by Gasteiger charge is 2.11. The number of aromatic nitrogens is 1. The van der Waals surface area contributed by atoms with Gasteiger partial charge in [-0.3, -0.25) is 0 Å². The fourth-order valence-electron chi connectivity index (χ4n) is 1.63. The number of benzene rings is 1. The number of methoxy groups -OCH3 is 1. The second-order valence-electron chi connectivity index (χ2n) is 4.04. The summed E-state index contributed by atoms with van der Waals surface area (Å²) >= 11 is 0. The molecule has 104 valence electrons. The van der Waals surface area contributed by atoms with Gasteiger partial charge < -0.3 is 15.2 Å². The predicted molar refractivity (Wildman–Crippen MR) is 71.5 cm³/mol. The number of ether oxygens (including phenoxy) is 1. The second-order valence-corrected chi connectivity index (χ2v) is 4.04. The molecule has 0 saturated heterocycles. The Kier molecular flexibility index (Phi) is 4.14. The molecule has 0 unspecified atom stereocenters. The number of aromatic carboxylic acids is 1. The van der Waals surface area contributed by atoms with Crippen molar-refractivity contribution >= 4 is 11.8 Å². The summed E-state index contributed by atoms with van der Waals surface area (Å²) in [6.07, 6.45) is 0. The third kappa shape index (κ3) is 3.23. The third-order valence-electron chi connectivity index (χ3n) is 2.71. The second kappa shape index (κ2) is 6.01. The van der Waals surface area contributed by atoms with Crippen molar-refractivity contribution in [1.29, 1.82) is 0 Å². The highest BCUT2D eigenvalue weighted by atomic mass is 19.1. The largest absolute Gasteiger partial charge is 0.497 e. The zero-order valence-corrected chi connectivity index (χ0v) is 10.8. The first-order valence-corrected chi connectivity index (χ1v) is 5.87. The summed E-state index contributed by atoms with van der Waals surface area (Å²) in [6, 6.07) is 9.98. The molecule has 6 heteroatoms. The zero-order valence-electron chi connectivity index (χ0n) is 10.8. The Labute approximate surface area is 115 Å². The van der Waals surface area contributed by atoms with Crippen molar-refractivity contribution in [1.82, 2.24) is 4.98 Å². The van der Waals surface area contributed by atoms with Crippen LogP contribution in [-0.4, -0.2) is 23.2 Å². The first-order chi connectivity index (χ1) is 9.60. The van der Waals surface area contributed by atoms with E-state index in [9.17, 15) is 9.18 Å². The van der Waals surface area contributed by atoms with E-state index in [0.29, 0.717) is 6.54 Å². The first kappa shape index (κ1) is 13.8. The van der Waals surface area contributed by atoms with E-state index >= 15 is 0 Å². The Morgan fingerprint density at radius 2 is 2.00 bits per heavy atom. The standard InChI is InChI=1S/C14H13FN2O3/c1-20-10-4-2-9(3-5-10)8-16-12-7-6-11(14(18)19)13(15)17-12/h2-7H,8H2,1H3,(H,16,17)(H,18,19). The molecule has 20 heavy (non-hydrogen) atoms. The molecule has 2 N–H and O–H groups in total. The summed E-state index contributed by atoms with van der Waals surface area (Å²) in [5.74, 6) is -1.30. The molecule has 2 rings (SSSR count). The van der Waals surface area contributed by atoms with Gasteiger partial charge in [0.1, 0.15) is 17.1 Å². The molecule has 0 radical (unpaired) electrons. The zero-order chi connectivity index (χ0) is 14.5. The van der Waals surface area contributed by atoms with Crippen LogP contribution in [0.4, 0.5) is 10.2 Å². The van der Waals surface area contributed by atoms with Crippen LogP contribution in [0.3, 0.4) is 0 Å². The number of halogens is 1. The van der Waals surface area contributed by atoms with Gasteiger partial charge in [-0.15, -0.1) is 0 Å². The molecule has 0 aliphatic rings. The number of hydrogen-bond donors (Lipinski definition) is 2. The van der Waals surface area contributed by atoms with Crippen LogP contribution in [0.25, 0.3) is 0 Å². The van der Waals surface area contributed by atoms with Crippen LogP contribution in [0.2, 0.25) is 0 Å². The molecular weight excluding hydrogens is 263 g/mol. The van der Waals surface area contributed by atoms with Crippen LogP contribution in [0.5, 0.6) is 5.75 Å². The molecule has 0 amide bonds. The molecule has 2 aromatic rings. The molecule has 0 spiro atoms. The Hall–Kier alpha value is -2.63. The molecule has 0 atom stereocenters. The summed E-state index contributed by atoms with van der Waals surface area (Å²) < 4.78 is 18.4. The summed E-state index contributed by atoms with van der Waals surface area (Å²) in [7, 11) is 1.59. The number of pyridine rings is 1. The van der Waals surface area contributed by atoms with E-state index in [1.165, 1.54) is 12.1 Å². The van der Waals surface area contributed by atoms with E-state index in [-0.39, 0.29) is 5.82 Å². The van der Waals surface area contributed by atoms with Gasteiger partial charge in [-0.05, 0) is 29.8 Å². The number of nitrogens with zero attached hydrogens (tertiary/aromatic N) is 1. The van der Waals surface area contributed by atoms with Crippen molar-refractivity contribution in [3.05, 3.63) is 53.5 Å². The maximum absolute atomic E-state index is 13.4. The molecule has 5 nitrogen and oxygen atoms in total. The van der Waals surface area contributed by atoms with Crippen molar-refractivity contribution in [2.45, 2.75) is 6.54 Å². The van der Waals surface area contributed by atoms with Crippen LogP contribution >= 0.6 is 0 Å². The smallest absolute Gasteiger partial charge is 0.340 e. The summed E-state index contributed by atoms with van der Waals surface area (Å²) in [6.45, 7) is 0.447. The summed E-state index contributed by atoms with van der Waals surface area (Å²) in [5.41, 5.74) is 0.523. The fourth-order valence-corrected chi connectivity index (χ4v) is 1.63. The third-order valence-corrected chi connectivity index (χ3v) is 2.71. The SMILES string of the molecule is COc1ccc(CNc2ccc(C(=O)O)c(F)n2)cc1. The average Bonchev–Trinajstić information content (AvgIpc) is 2.45. The lowest BCUT2D eigenvalue weighted by Crippen LogP contribution is -2.06. The van der Waals surface area contributed by atoms with E-state index in [4.69, 9.17) is 9.84 Å². The van der Waals surface area contributed by atoms with Gasteiger partial charge in [0.25, 0.3) is 0 Å². The molecule has 0 fully saturated rings. The van der Waals surface area contributed by atoms with Crippen molar-refractivity contribution in [3.63, 3.8) is 0 Å². The summed E-state index contributed by atoms with van der Waals surface area (Å²) in [4.78, 5) is 14.2. The molecule has 0 aliphatic heterocycles. The highest BCUT2D eigenvalue weighted by molar-refractivity contribution is 5.87. The number of nitrogens with one attached hydrogen (secondary N) is 1. The van der Waals surface area contributed by atoms with Gasteiger partial charge in [-0.2, -0.15) is 4.39 Å². The molecule has 0 saturated carbocycles. The Balaban J connectivity index is 2.03. The quantitative estimate of drug-likeness (QED) is 0.821. The minimum atomic E-state index is -1.34. The van der Waals surface area contributed by atoms with Crippen LogP contribution in [0.1, 0.15) is 15.9 Å². The van der Waals surface area contributed by atoms with Gasteiger partial charge in [-0.25, -0.2) is 9.78 Å². The van der Waals surface area contributed by atoms with Crippen molar-refractivity contribution in [2.75, 3.05) is 12.4 Å². The summed E-state index contributed by atoms with van der Waals surface area (Å²) in [5, 5.41) is 11.6. The minimum Gasteiger partial charge on any atom is -0.497 e. The van der Waals surface area contributed by atoms with E-state index in [1.807, 2.05) is 24.3 Å². The number of rotatable bonds is 5. The number of anilines is 1. The lowest BCUT2D eigenvalue weighted by atomic mass is 10.2. The van der Waals surface area contributed by atoms with Gasteiger partial charge in [0.2, 0.25) is 5.95 Å². The maximum atomic E-state index is 13.4.